The van der Waals surface area contributed by atoms with Crippen molar-refractivity contribution < 1.29 is 27.4 Å². The molecule has 2 aromatic rings. The van der Waals surface area contributed by atoms with Crippen molar-refractivity contribution >= 4 is 41.0 Å². The average molecular weight is 526 g/mol. The number of anilines is 2. The number of hydrogen-bond donors (Lipinski definition) is 2. The third kappa shape index (κ3) is 8.22. The Hall–Kier alpha value is -3.68. The van der Waals surface area contributed by atoms with E-state index < -0.39 is 12.1 Å². The van der Waals surface area contributed by atoms with E-state index in [-0.39, 0.29) is 23.5 Å². The van der Waals surface area contributed by atoms with E-state index in [1.807, 2.05) is 24.8 Å². The SMILES string of the molecule is CCOC(=O)N1CCN(/C(=N\C(=S)Nc2cccc(OC(F)(F)F)c2)Nc2nc(C)cc(C)n2)CC1. The van der Waals surface area contributed by atoms with E-state index in [1.54, 1.807) is 11.8 Å². The molecule has 0 bridgehead atoms. The van der Waals surface area contributed by atoms with E-state index in [2.05, 4.69) is 30.3 Å². The zero-order valence-electron chi connectivity index (χ0n) is 19.9. The van der Waals surface area contributed by atoms with Crippen LogP contribution >= 0.6 is 12.2 Å². The fourth-order valence-electron chi connectivity index (χ4n) is 3.39. The molecule has 2 N–H and O–H groups in total. The molecule has 14 heteroatoms. The smallest absolute Gasteiger partial charge is 0.450 e. The molecule has 1 aliphatic heterocycles. The van der Waals surface area contributed by atoms with Crippen LogP contribution in [0.5, 0.6) is 5.75 Å². The summed E-state index contributed by atoms with van der Waals surface area (Å²) in [6, 6.07) is 7.09. The summed E-state index contributed by atoms with van der Waals surface area (Å²) in [4.78, 5) is 28.7. The van der Waals surface area contributed by atoms with Crippen molar-refractivity contribution in [3.63, 3.8) is 0 Å². The summed E-state index contributed by atoms with van der Waals surface area (Å²) in [6.45, 7) is 7.32. The van der Waals surface area contributed by atoms with Gasteiger partial charge in [0.2, 0.25) is 17.0 Å². The molecule has 1 saturated heterocycles. The van der Waals surface area contributed by atoms with Gasteiger partial charge in [0, 0.05) is 49.3 Å². The highest BCUT2D eigenvalue weighted by Gasteiger charge is 2.31. The lowest BCUT2D eigenvalue weighted by Crippen LogP contribution is -2.52. The maximum atomic E-state index is 12.5. The Labute approximate surface area is 211 Å². The van der Waals surface area contributed by atoms with Crippen LogP contribution < -0.4 is 15.4 Å². The number of benzene rings is 1. The van der Waals surface area contributed by atoms with Gasteiger partial charge in [-0.25, -0.2) is 14.8 Å². The van der Waals surface area contributed by atoms with Crippen LogP contribution in [-0.2, 0) is 4.74 Å². The predicted molar refractivity (Wildman–Crippen MR) is 132 cm³/mol. The van der Waals surface area contributed by atoms with E-state index >= 15 is 0 Å². The van der Waals surface area contributed by atoms with Gasteiger partial charge in [-0.15, -0.1) is 13.2 Å². The monoisotopic (exact) mass is 525 g/mol. The lowest BCUT2D eigenvalue weighted by Gasteiger charge is -2.35. The number of carbonyl (C=O) groups is 1. The van der Waals surface area contributed by atoms with Gasteiger partial charge in [0.25, 0.3) is 0 Å². The summed E-state index contributed by atoms with van der Waals surface area (Å²) in [5.41, 5.74) is 1.76. The molecule has 194 valence electrons. The second-order valence-electron chi connectivity index (χ2n) is 7.71. The quantitative estimate of drug-likeness (QED) is 0.349. The largest absolute Gasteiger partial charge is 0.573 e. The van der Waals surface area contributed by atoms with Crippen molar-refractivity contribution in [2.45, 2.75) is 27.1 Å². The standard InChI is InChI=1S/C22H26F3N7O3S/c1-4-34-21(33)32-10-8-31(9-11-32)19(29-18-26-14(2)12-15(3)27-18)30-20(36)28-16-6-5-7-17(13-16)35-22(23,24)25/h5-7,12-13H,4,8-11H2,1-3H3,(H2,26,27,28,29,30,36). The second-order valence-corrected chi connectivity index (χ2v) is 8.10. The van der Waals surface area contributed by atoms with Crippen molar-refractivity contribution in [1.82, 2.24) is 19.8 Å². The van der Waals surface area contributed by atoms with Gasteiger partial charge in [0.05, 0.1) is 6.61 Å². The van der Waals surface area contributed by atoms with Crippen LogP contribution in [0.1, 0.15) is 18.3 Å². The van der Waals surface area contributed by atoms with Gasteiger partial charge in [-0.05, 0) is 51.2 Å². The number of aromatic nitrogens is 2. The first-order valence-electron chi connectivity index (χ1n) is 11.0. The molecule has 10 nitrogen and oxygen atoms in total. The molecular weight excluding hydrogens is 499 g/mol. The van der Waals surface area contributed by atoms with Crippen LogP contribution in [0.2, 0.25) is 0 Å². The molecule has 0 spiro atoms. The van der Waals surface area contributed by atoms with Crippen molar-refractivity contribution in [3.05, 3.63) is 41.7 Å². The fraction of sp³-hybridized carbons (Fsp3) is 0.409. The zero-order chi connectivity index (χ0) is 26.3. The minimum atomic E-state index is -4.81. The minimum Gasteiger partial charge on any atom is -0.450 e. The first kappa shape index (κ1) is 26.9. The molecule has 3 rings (SSSR count). The maximum Gasteiger partial charge on any atom is 0.573 e. The Morgan fingerprint density at radius 2 is 1.72 bits per heavy atom. The molecule has 2 heterocycles. The molecular formula is C22H26F3N7O3S. The number of halogens is 3. The lowest BCUT2D eigenvalue weighted by molar-refractivity contribution is -0.274. The first-order chi connectivity index (χ1) is 17.0. The molecule has 1 aromatic heterocycles. The third-order valence-corrected chi connectivity index (χ3v) is 5.03. The average Bonchev–Trinajstić information content (AvgIpc) is 2.77. The van der Waals surface area contributed by atoms with Crippen LogP contribution in [0.15, 0.2) is 35.3 Å². The van der Waals surface area contributed by atoms with Crippen LogP contribution in [0.3, 0.4) is 0 Å². The van der Waals surface area contributed by atoms with Crippen LogP contribution in [0, 0.1) is 13.8 Å². The molecule has 36 heavy (non-hydrogen) atoms. The number of hydrogen-bond acceptors (Lipinski definition) is 6. The van der Waals surface area contributed by atoms with Crippen LogP contribution in [0.4, 0.5) is 29.6 Å². The molecule has 0 unspecified atom stereocenters. The number of piperazine rings is 1. The Kier molecular flexibility index (Phi) is 8.85. The van der Waals surface area contributed by atoms with E-state index in [9.17, 15) is 18.0 Å². The highest BCUT2D eigenvalue weighted by Crippen LogP contribution is 2.25. The Morgan fingerprint density at radius 3 is 2.33 bits per heavy atom. The molecule has 0 atom stereocenters. The number of aryl methyl sites for hydroxylation is 2. The van der Waals surface area contributed by atoms with Gasteiger partial charge in [-0.1, -0.05) is 6.07 Å². The van der Waals surface area contributed by atoms with Crippen molar-refractivity contribution in [2.75, 3.05) is 43.4 Å². The number of nitrogens with one attached hydrogen (secondary N) is 2. The molecule has 1 aromatic carbocycles. The topological polar surface area (TPSA) is 104 Å². The predicted octanol–water partition coefficient (Wildman–Crippen LogP) is 3.93. The summed E-state index contributed by atoms with van der Waals surface area (Å²) < 4.78 is 46.7. The molecule has 0 radical (unpaired) electrons. The van der Waals surface area contributed by atoms with Gasteiger partial charge < -0.3 is 24.6 Å². The second kappa shape index (κ2) is 11.8. The van der Waals surface area contributed by atoms with Crippen molar-refractivity contribution in [2.24, 2.45) is 4.99 Å². The van der Waals surface area contributed by atoms with Gasteiger partial charge in [0.15, 0.2) is 0 Å². The Bertz CT molecular complexity index is 1100. The summed E-state index contributed by atoms with van der Waals surface area (Å²) in [7, 11) is 0. The summed E-state index contributed by atoms with van der Waals surface area (Å²) in [5.74, 6) is 0.238. The highest BCUT2D eigenvalue weighted by atomic mass is 32.1. The first-order valence-corrected chi connectivity index (χ1v) is 11.4. The fourth-order valence-corrected chi connectivity index (χ4v) is 3.60. The van der Waals surface area contributed by atoms with E-state index in [0.717, 1.165) is 17.5 Å². The normalized spacial score (nSPS) is 14.3. The Morgan fingerprint density at radius 1 is 1.08 bits per heavy atom. The number of ether oxygens (including phenoxy) is 2. The number of alkyl halides is 3. The molecule has 0 saturated carbocycles. The van der Waals surface area contributed by atoms with Crippen molar-refractivity contribution in [3.8, 4) is 5.75 Å². The van der Waals surface area contributed by atoms with Gasteiger partial charge in [-0.2, -0.15) is 4.99 Å². The number of guanidine groups is 1. The van der Waals surface area contributed by atoms with Crippen LogP contribution in [-0.4, -0.2) is 76.1 Å². The van der Waals surface area contributed by atoms with E-state index in [0.29, 0.717) is 38.1 Å². The number of aliphatic imine (C=N–C) groups is 1. The van der Waals surface area contributed by atoms with Gasteiger partial charge in [-0.3, -0.25) is 5.32 Å². The maximum absolute atomic E-state index is 12.5. The number of amides is 1. The molecule has 0 aliphatic carbocycles. The van der Waals surface area contributed by atoms with Gasteiger partial charge in [0.1, 0.15) is 5.75 Å². The number of carbonyl (C=O) groups excluding carboxylic acids is 1. The lowest BCUT2D eigenvalue weighted by atomic mass is 10.3. The molecule has 1 amide bonds. The molecule has 1 aliphatic rings. The zero-order valence-corrected chi connectivity index (χ0v) is 20.7. The van der Waals surface area contributed by atoms with Crippen molar-refractivity contribution in [1.29, 1.82) is 0 Å². The third-order valence-electron chi connectivity index (χ3n) is 4.84. The Balaban J connectivity index is 1.79. The van der Waals surface area contributed by atoms with Crippen LogP contribution in [0.25, 0.3) is 0 Å². The highest BCUT2D eigenvalue weighted by molar-refractivity contribution is 7.80. The van der Waals surface area contributed by atoms with E-state index in [1.165, 1.54) is 18.2 Å². The molecule has 1 fully saturated rings. The van der Waals surface area contributed by atoms with Gasteiger partial charge >= 0.3 is 12.5 Å². The summed E-state index contributed by atoms with van der Waals surface area (Å²) in [5, 5.41) is 5.86. The number of nitrogens with zero attached hydrogens (tertiary/aromatic N) is 5. The summed E-state index contributed by atoms with van der Waals surface area (Å²) >= 11 is 5.35. The number of rotatable bonds is 4. The van der Waals surface area contributed by atoms with E-state index in [4.69, 9.17) is 17.0 Å². The minimum absolute atomic E-state index is 0.0149. The number of thiocarbonyl (C=S) groups is 1. The summed E-state index contributed by atoms with van der Waals surface area (Å²) in [6.07, 6.45) is -5.20.